The molecule has 1 aromatic rings. The SMILES string of the molecule is COc1cccc(F)c1C(=O)N1CCCC1C(N)=NO. The first-order chi connectivity index (χ1) is 9.60. The van der Waals surface area contributed by atoms with E-state index in [-0.39, 0.29) is 17.1 Å². The van der Waals surface area contributed by atoms with Gasteiger partial charge in [-0.05, 0) is 25.0 Å². The van der Waals surface area contributed by atoms with Crippen molar-refractivity contribution in [3.05, 3.63) is 29.6 Å². The quantitative estimate of drug-likeness (QED) is 0.377. The predicted molar refractivity (Wildman–Crippen MR) is 70.4 cm³/mol. The molecule has 1 aliphatic heterocycles. The Bertz CT molecular complexity index is 548. The Morgan fingerprint density at radius 1 is 1.60 bits per heavy atom. The van der Waals surface area contributed by atoms with Crippen LogP contribution in [0.25, 0.3) is 0 Å². The molecule has 1 unspecified atom stereocenters. The first-order valence-electron chi connectivity index (χ1n) is 6.21. The monoisotopic (exact) mass is 281 g/mol. The van der Waals surface area contributed by atoms with E-state index < -0.39 is 17.8 Å². The summed E-state index contributed by atoms with van der Waals surface area (Å²) in [5.74, 6) is -1.06. The molecule has 1 amide bonds. The van der Waals surface area contributed by atoms with Gasteiger partial charge in [0.2, 0.25) is 0 Å². The third-order valence-electron chi connectivity index (χ3n) is 3.38. The number of rotatable bonds is 3. The summed E-state index contributed by atoms with van der Waals surface area (Å²) in [5.41, 5.74) is 5.44. The molecule has 0 aromatic heterocycles. The number of methoxy groups -OCH3 is 1. The van der Waals surface area contributed by atoms with E-state index in [0.29, 0.717) is 19.4 Å². The summed E-state index contributed by atoms with van der Waals surface area (Å²) in [6, 6.07) is 3.67. The highest BCUT2D eigenvalue weighted by molar-refractivity contribution is 6.00. The van der Waals surface area contributed by atoms with Gasteiger partial charge in [-0.2, -0.15) is 0 Å². The number of hydrogen-bond acceptors (Lipinski definition) is 4. The zero-order chi connectivity index (χ0) is 14.7. The lowest BCUT2D eigenvalue weighted by Crippen LogP contribution is -2.44. The smallest absolute Gasteiger partial charge is 0.261 e. The number of benzene rings is 1. The minimum absolute atomic E-state index is 0.0499. The van der Waals surface area contributed by atoms with E-state index in [1.165, 1.54) is 30.2 Å². The molecule has 7 heteroatoms. The fourth-order valence-corrected chi connectivity index (χ4v) is 2.41. The van der Waals surface area contributed by atoms with Crippen molar-refractivity contribution in [3.8, 4) is 5.75 Å². The van der Waals surface area contributed by atoms with E-state index in [1.54, 1.807) is 0 Å². The van der Waals surface area contributed by atoms with Crippen LogP contribution in [0.2, 0.25) is 0 Å². The number of oxime groups is 1. The molecular weight excluding hydrogens is 265 g/mol. The fourth-order valence-electron chi connectivity index (χ4n) is 2.41. The third kappa shape index (κ3) is 2.38. The number of carbonyl (C=O) groups excluding carboxylic acids is 1. The minimum Gasteiger partial charge on any atom is -0.496 e. The maximum absolute atomic E-state index is 13.9. The van der Waals surface area contributed by atoms with Gasteiger partial charge in [0.15, 0.2) is 5.84 Å². The van der Waals surface area contributed by atoms with E-state index in [1.807, 2.05) is 0 Å². The Morgan fingerprint density at radius 3 is 3.00 bits per heavy atom. The van der Waals surface area contributed by atoms with Crippen LogP contribution in [0.5, 0.6) is 5.75 Å². The topological polar surface area (TPSA) is 88.2 Å². The van der Waals surface area contributed by atoms with Gasteiger partial charge < -0.3 is 20.6 Å². The number of amidine groups is 1. The summed E-state index contributed by atoms with van der Waals surface area (Å²) in [5, 5.41) is 11.7. The molecule has 0 spiro atoms. The molecule has 108 valence electrons. The average molecular weight is 281 g/mol. The lowest BCUT2D eigenvalue weighted by Gasteiger charge is -2.24. The van der Waals surface area contributed by atoms with E-state index in [2.05, 4.69) is 5.16 Å². The normalized spacial score (nSPS) is 19.2. The number of ether oxygens (including phenoxy) is 1. The summed E-state index contributed by atoms with van der Waals surface area (Å²) in [7, 11) is 1.37. The third-order valence-corrected chi connectivity index (χ3v) is 3.38. The molecule has 6 nitrogen and oxygen atoms in total. The van der Waals surface area contributed by atoms with Crippen molar-refractivity contribution in [1.29, 1.82) is 0 Å². The Morgan fingerprint density at radius 2 is 2.35 bits per heavy atom. The van der Waals surface area contributed by atoms with Crippen LogP contribution in [0.1, 0.15) is 23.2 Å². The van der Waals surface area contributed by atoms with Crippen molar-refractivity contribution < 1.29 is 19.1 Å². The predicted octanol–water partition coefficient (Wildman–Crippen LogP) is 1.19. The number of hydrogen-bond donors (Lipinski definition) is 2. The summed E-state index contributed by atoms with van der Waals surface area (Å²) in [6.45, 7) is 0.428. The molecule has 1 heterocycles. The maximum Gasteiger partial charge on any atom is 0.261 e. The Kier molecular flexibility index (Phi) is 4.07. The first kappa shape index (κ1) is 14.1. The molecule has 2 rings (SSSR count). The van der Waals surface area contributed by atoms with Crippen molar-refractivity contribution in [2.45, 2.75) is 18.9 Å². The molecule has 0 saturated carbocycles. The maximum atomic E-state index is 13.9. The van der Waals surface area contributed by atoms with Gasteiger partial charge in [-0.3, -0.25) is 4.79 Å². The number of likely N-dealkylation sites (tertiary alicyclic amines) is 1. The summed E-state index contributed by atoms with van der Waals surface area (Å²) in [6.07, 6.45) is 1.29. The van der Waals surface area contributed by atoms with Gasteiger partial charge in [-0.15, -0.1) is 0 Å². The van der Waals surface area contributed by atoms with Gasteiger partial charge in [0, 0.05) is 6.54 Å². The van der Waals surface area contributed by atoms with Crippen molar-refractivity contribution in [3.63, 3.8) is 0 Å². The Balaban J connectivity index is 2.36. The molecule has 0 bridgehead atoms. The van der Waals surface area contributed by atoms with Crippen LogP contribution in [0.4, 0.5) is 4.39 Å². The first-order valence-corrected chi connectivity index (χ1v) is 6.21. The summed E-state index contributed by atoms with van der Waals surface area (Å²) in [4.78, 5) is 13.9. The molecule has 1 fully saturated rings. The van der Waals surface area contributed by atoms with E-state index in [4.69, 9.17) is 15.7 Å². The van der Waals surface area contributed by atoms with Gasteiger partial charge in [-0.25, -0.2) is 4.39 Å². The molecule has 1 aromatic carbocycles. The largest absolute Gasteiger partial charge is 0.496 e. The van der Waals surface area contributed by atoms with Crippen molar-refractivity contribution in [2.75, 3.05) is 13.7 Å². The summed E-state index contributed by atoms with van der Waals surface area (Å²) >= 11 is 0. The number of carbonyl (C=O) groups is 1. The second-order valence-corrected chi connectivity index (χ2v) is 4.50. The average Bonchev–Trinajstić information content (AvgIpc) is 2.94. The van der Waals surface area contributed by atoms with Gasteiger partial charge in [0.1, 0.15) is 17.1 Å². The summed E-state index contributed by atoms with van der Waals surface area (Å²) < 4.78 is 18.9. The molecule has 0 aliphatic carbocycles. The number of amides is 1. The van der Waals surface area contributed by atoms with Gasteiger partial charge in [0.05, 0.1) is 13.2 Å². The van der Waals surface area contributed by atoms with Crippen LogP contribution in [-0.4, -0.2) is 41.5 Å². The Labute approximate surface area is 115 Å². The lowest BCUT2D eigenvalue weighted by atomic mass is 10.1. The van der Waals surface area contributed by atoms with E-state index >= 15 is 0 Å². The molecule has 20 heavy (non-hydrogen) atoms. The van der Waals surface area contributed by atoms with Gasteiger partial charge in [0.25, 0.3) is 5.91 Å². The van der Waals surface area contributed by atoms with Crippen LogP contribution >= 0.6 is 0 Å². The molecular formula is C13H16FN3O3. The molecule has 1 aliphatic rings. The van der Waals surface area contributed by atoms with Crippen molar-refractivity contribution in [2.24, 2.45) is 10.9 Å². The lowest BCUT2D eigenvalue weighted by molar-refractivity contribution is 0.0759. The van der Waals surface area contributed by atoms with E-state index in [9.17, 15) is 9.18 Å². The molecule has 1 saturated heterocycles. The van der Waals surface area contributed by atoms with Crippen LogP contribution in [0.15, 0.2) is 23.4 Å². The highest BCUT2D eigenvalue weighted by Gasteiger charge is 2.34. The van der Waals surface area contributed by atoms with Crippen molar-refractivity contribution in [1.82, 2.24) is 4.90 Å². The van der Waals surface area contributed by atoms with Crippen LogP contribution < -0.4 is 10.5 Å². The Hall–Kier alpha value is -2.31. The second kappa shape index (κ2) is 5.77. The highest BCUT2D eigenvalue weighted by Crippen LogP contribution is 2.27. The second-order valence-electron chi connectivity index (χ2n) is 4.50. The molecule has 1 atom stereocenters. The van der Waals surface area contributed by atoms with E-state index in [0.717, 1.165) is 0 Å². The zero-order valence-corrected chi connectivity index (χ0v) is 11.0. The zero-order valence-electron chi connectivity index (χ0n) is 11.0. The fraction of sp³-hybridized carbons (Fsp3) is 0.385. The minimum atomic E-state index is -0.653. The van der Waals surface area contributed by atoms with Crippen LogP contribution in [0, 0.1) is 5.82 Å². The number of halogens is 1. The van der Waals surface area contributed by atoms with Gasteiger partial charge >= 0.3 is 0 Å². The number of nitrogens with zero attached hydrogens (tertiary/aromatic N) is 2. The highest BCUT2D eigenvalue weighted by atomic mass is 19.1. The van der Waals surface area contributed by atoms with Crippen LogP contribution in [-0.2, 0) is 0 Å². The van der Waals surface area contributed by atoms with Gasteiger partial charge in [-0.1, -0.05) is 11.2 Å². The number of nitrogens with two attached hydrogens (primary N) is 1. The molecule has 3 N–H and O–H groups in total. The standard InChI is InChI=1S/C13H16FN3O3/c1-20-10-6-2-4-8(14)11(10)13(18)17-7-3-5-9(17)12(15)16-19/h2,4,6,9,19H,3,5,7H2,1H3,(H2,15,16). The van der Waals surface area contributed by atoms with Crippen LogP contribution in [0.3, 0.4) is 0 Å². The molecule has 0 radical (unpaired) electrons. The van der Waals surface area contributed by atoms with Crippen molar-refractivity contribution >= 4 is 11.7 Å².